The number of halogens is 3. The number of hydrogen-bond donors (Lipinski definition) is 1. The lowest BCUT2D eigenvalue weighted by Crippen LogP contribution is -2.19. The summed E-state index contributed by atoms with van der Waals surface area (Å²) < 4.78 is 13.5. The molecule has 1 atom stereocenters. The maximum absolute atomic E-state index is 13.5. The topological polar surface area (TPSA) is 29.1 Å². The minimum absolute atomic E-state index is 0.0193. The van der Waals surface area contributed by atoms with E-state index in [0.717, 1.165) is 16.8 Å². The number of anilines is 1. The van der Waals surface area contributed by atoms with Crippen LogP contribution in [-0.2, 0) is 11.2 Å². The van der Waals surface area contributed by atoms with Crippen LogP contribution in [0.4, 0.5) is 10.1 Å². The second kappa shape index (κ2) is 5.66. The van der Waals surface area contributed by atoms with Crippen molar-refractivity contribution in [3.05, 3.63) is 63.9 Å². The molecule has 1 aliphatic heterocycles. The largest absolute Gasteiger partial charge is 0.326 e. The summed E-state index contributed by atoms with van der Waals surface area (Å²) in [7, 11) is 0. The van der Waals surface area contributed by atoms with Crippen molar-refractivity contribution in [2.75, 3.05) is 5.32 Å². The maximum atomic E-state index is 13.5. The quantitative estimate of drug-likeness (QED) is 0.798. The van der Waals surface area contributed by atoms with Crippen LogP contribution in [0.5, 0.6) is 0 Å². The molecule has 1 amide bonds. The Morgan fingerprint density at radius 3 is 2.81 bits per heavy atom. The third-order valence-electron chi connectivity index (χ3n) is 3.57. The van der Waals surface area contributed by atoms with Crippen molar-refractivity contribution in [2.24, 2.45) is 0 Å². The van der Waals surface area contributed by atoms with Gasteiger partial charge in [0.15, 0.2) is 0 Å². The highest BCUT2D eigenvalue weighted by Gasteiger charge is 2.20. The van der Waals surface area contributed by atoms with Gasteiger partial charge in [-0.3, -0.25) is 4.79 Å². The average Bonchev–Trinajstić information content (AvgIpc) is 2.49. The SMILES string of the molecule is O=C1CCc2cc(C(Cl)c3cccc(F)c3Cl)ccc2N1. The molecule has 0 aliphatic carbocycles. The number of amides is 1. The molecule has 0 saturated carbocycles. The minimum Gasteiger partial charge on any atom is -0.326 e. The van der Waals surface area contributed by atoms with Gasteiger partial charge in [0.1, 0.15) is 5.82 Å². The fourth-order valence-electron chi connectivity index (χ4n) is 2.46. The predicted molar refractivity (Wildman–Crippen MR) is 82.5 cm³/mol. The Kier molecular flexibility index (Phi) is 3.87. The van der Waals surface area contributed by atoms with Crippen LogP contribution in [0, 0.1) is 5.82 Å². The van der Waals surface area contributed by atoms with E-state index < -0.39 is 11.2 Å². The Bertz CT molecular complexity index is 717. The number of carbonyl (C=O) groups excluding carboxylic acids is 1. The fourth-order valence-corrected chi connectivity index (χ4v) is 3.07. The zero-order valence-electron chi connectivity index (χ0n) is 11.0. The van der Waals surface area contributed by atoms with Crippen LogP contribution in [0.3, 0.4) is 0 Å². The molecule has 1 N–H and O–H groups in total. The molecule has 1 unspecified atom stereocenters. The Hall–Kier alpha value is -1.58. The number of carbonyl (C=O) groups is 1. The molecule has 21 heavy (non-hydrogen) atoms. The summed E-state index contributed by atoms with van der Waals surface area (Å²) in [6.45, 7) is 0. The van der Waals surface area contributed by atoms with E-state index in [1.54, 1.807) is 12.1 Å². The summed E-state index contributed by atoms with van der Waals surface area (Å²) in [5.41, 5.74) is 3.21. The minimum atomic E-state index is -0.531. The Morgan fingerprint density at radius 2 is 2.00 bits per heavy atom. The van der Waals surface area contributed by atoms with Gasteiger partial charge in [0.25, 0.3) is 0 Å². The van der Waals surface area contributed by atoms with Crippen LogP contribution in [0.15, 0.2) is 36.4 Å². The molecule has 108 valence electrons. The number of fused-ring (bicyclic) bond motifs is 1. The third-order valence-corrected chi connectivity index (χ3v) is 4.46. The van der Waals surface area contributed by atoms with Crippen LogP contribution in [0.2, 0.25) is 5.02 Å². The van der Waals surface area contributed by atoms with Gasteiger partial charge >= 0.3 is 0 Å². The van der Waals surface area contributed by atoms with Gasteiger partial charge in [0, 0.05) is 12.1 Å². The van der Waals surface area contributed by atoms with Crippen molar-refractivity contribution in [1.29, 1.82) is 0 Å². The molecular formula is C16H12Cl2FNO. The van der Waals surface area contributed by atoms with E-state index >= 15 is 0 Å². The second-order valence-corrected chi connectivity index (χ2v) is 5.78. The number of rotatable bonds is 2. The molecule has 3 rings (SSSR count). The summed E-state index contributed by atoms with van der Waals surface area (Å²) in [5.74, 6) is -0.462. The van der Waals surface area contributed by atoms with E-state index in [0.29, 0.717) is 18.4 Å². The van der Waals surface area contributed by atoms with Crippen molar-refractivity contribution in [2.45, 2.75) is 18.2 Å². The summed E-state index contributed by atoms with van der Waals surface area (Å²) in [5, 5.41) is 2.33. The van der Waals surface area contributed by atoms with Crippen LogP contribution in [0.1, 0.15) is 28.5 Å². The normalized spacial score (nSPS) is 15.3. The van der Waals surface area contributed by atoms with Crippen LogP contribution in [0.25, 0.3) is 0 Å². The van der Waals surface area contributed by atoms with Gasteiger partial charge in [0.2, 0.25) is 5.91 Å². The van der Waals surface area contributed by atoms with E-state index in [1.165, 1.54) is 6.07 Å². The number of aryl methyl sites for hydroxylation is 1. The molecule has 0 bridgehead atoms. The van der Waals surface area contributed by atoms with Gasteiger partial charge in [0.05, 0.1) is 10.4 Å². The van der Waals surface area contributed by atoms with Gasteiger partial charge < -0.3 is 5.32 Å². The van der Waals surface area contributed by atoms with Gasteiger partial charge in [-0.25, -0.2) is 4.39 Å². The molecule has 1 aliphatic rings. The predicted octanol–water partition coefficient (Wildman–Crippen LogP) is 4.69. The molecule has 2 aromatic carbocycles. The van der Waals surface area contributed by atoms with Crippen molar-refractivity contribution in [1.82, 2.24) is 0 Å². The lowest BCUT2D eigenvalue weighted by Gasteiger charge is -2.19. The third kappa shape index (κ3) is 2.76. The molecule has 1 heterocycles. The zero-order valence-corrected chi connectivity index (χ0v) is 12.5. The first-order valence-corrected chi connectivity index (χ1v) is 7.38. The average molecular weight is 324 g/mol. The number of nitrogens with one attached hydrogen (secondary N) is 1. The summed E-state index contributed by atoms with van der Waals surface area (Å²) >= 11 is 12.4. The lowest BCUT2D eigenvalue weighted by atomic mass is 9.97. The standard InChI is InChI=1S/C16H12Cl2FNO/c17-15(11-2-1-3-12(19)16(11)18)10-4-6-13-9(8-10)5-7-14(21)20-13/h1-4,6,8,15H,5,7H2,(H,20,21). The van der Waals surface area contributed by atoms with Crippen molar-refractivity contribution in [3.63, 3.8) is 0 Å². The first-order chi connectivity index (χ1) is 10.1. The van der Waals surface area contributed by atoms with Crippen molar-refractivity contribution >= 4 is 34.8 Å². The zero-order chi connectivity index (χ0) is 15.0. The highest BCUT2D eigenvalue weighted by atomic mass is 35.5. The maximum Gasteiger partial charge on any atom is 0.224 e. The molecule has 0 radical (unpaired) electrons. The second-order valence-electron chi connectivity index (χ2n) is 4.97. The van der Waals surface area contributed by atoms with E-state index in [2.05, 4.69) is 5.32 Å². The first-order valence-electron chi connectivity index (χ1n) is 6.57. The fraction of sp³-hybridized carbons (Fsp3) is 0.188. The summed E-state index contributed by atoms with van der Waals surface area (Å²) in [6, 6.07) is 10.2. The van der Waals surface area contributed by atoms with Crippen molar-refractivity contribution in [3.8, 4) is 0 Å². The van der Waals surface area contributed by atoms with E-state index in [4.69, 9.17) is 23.2 Å². The van der Waals surface area contributed by atoms with Crippen molar-refractivity contribution < 1.29 is 9.18 Å². The highest BCUT2D eigenvalue weighted by Crippen LogP contribution is 2.36. The van der Waals surface area contributed by atoms with E-state index in [-0.39, 0.29) is 10.9 Å². The Balaban J connectivity index is 1.97. The molecule has 0 spiro atoms. The Morgan fingerprint density at radius 1 is 1.19 bits per heavy atom. The molecule has 0 saturated heterocycles. The summed E-state index contributed by atoms with van der Waals surface area (Å²) in [4.78, 5) is 11.4. The Labute approximate surface area is 131 Å². The smallest absolute Gasteiger partial charge is 0.224 e. The number of hydrogen-bond acceptors (Lipinski definition) is 1. The molecule has 2 aromatic rings. The lowest BCUT2D eigenvalue weighted by molar-refractivity contribution is -0.116. The molecule has 2 nitrogen and oxygen atoms in total. The molecule has 0 fully saturated rings. The van der Waals surface area contributed by atoms with Gasteiger partial charge in [-0.15, -0.1) is 11.6 Å². The van der Waals surface area contributed by atoms with Crippen LogP contribution in [-0.4, -0.2) is 5.91 Å². The number of benzene rings is 2. The number of alkyl halides is 1. The van der Waals surface area contributed by atoms with E-state index in [1.807, 2.05) is 18.2 Å². The van der Waals surface area contributed by atoms with Crippen LogP contribution >= 0.6 is 23.2 Å². The van der Waals surface area contributed by atoms with E-state index in [9.17, 15) is 9.18 Å². The molecule has 0 aromatic heterocycles. The van der Waals surface area contributed by atoms with Crippen LogP contribution < -0.4 is 5.32 Å². The highest BCUT2D eigenvalue weighted by molar-refractivity contribution is 6.33. The first kappa shape index (κ1) is 14.4. The van der Waals surface area contributed by atoms with Gasteiger partial charge in [-0.05, 0) is 35.2 Å². The summed E-state index contributed by atoms with van der Waals surface area (Å²) in [6.07, 6.45) is 1.14. The monoisotopic (exact) mass is 323 g/mol. The van der Waals surface area contributed by atoms with Gasteiger partial charge in [-0.2, -0.15) is 0 Å². The molecular weight excluding hydrogens is 312 g/mol. The molecule has 5 heteroatoms. The van der Waals surface area contributed by atoms with Gasteiger partial charge in [-0.1, -0.05) is 35.9 Å².